The summed E-state index contributed by atoms with van der Waals surface area (Å²) in [7, 11) is 1.50. The third-order valence-corrected chi connectivity index (χ3v) is 8.03. The molecule has 31 heavy (non-hydrogen) atoms. The molecule has 4 aliphatic carbocycles. The van der Waals surface area contributed by atoms with Gasteiger partial charge in [-0.05, 0) is 81.3 Å². The van der Waals surface area contributed by atoms with Crippen LogP contribution >= 0.6 is 0 Å². The number of likely N-dealkylation sites (tertiary alicyclic amines) is 1. The van der Waals surface area contributed by atoms with Gasteiger partial charge in [-0.2, -0.15) is 0 Å². The van der Waals surface area contributed by atoms with E-state index in [0.717, 1.165) is 25.7 Å². The highest BCUT2D eigenvalue weighted by Crippen LogP contribution is 2.60. The van der Waals surface area contributed by atoms with Crippen LogP contribution in [0.5, 0.6) is 5.75 Å². The van der Waals surface area contributed by atoms with Crippen LogP contribution in [0.3, 0.4) is 0 Å². The summed E-state index contributed by atoms with van der Waals surface area (Å²) in [5, 5.41) is 0. The molecule has 6 rings (SSSR count). The Morgan fingerprint density at radius 3 is 2.32 bits per heavy atom. The van der Waals surface area contributed by atoms with E-state index in [4.69, 9.17) is 9.47 Å². The summed E-state index contributed by atoms with van der Waals surface area (Å²) in [5.74, 6) is 1.91. The van der Waals surface area contributed by atoms with Crippen LogP contribution in [0.15, 0.2) is 24.3 Å². The van der Waals surface area contributed by atoms with Gasteiger partial charge in [0.05, 0.1) is 18.1 Å². The number of amides is 1. The number of nitrogens with zero attached hydrogens (tertiary/aromatic N) is 1. The number of esters is 1. The fraction of sp³-hybridized carbons (Fsp3) is 0.640. The molecule has 1 saturated heterocycles. The zero-order chi connectivity index (χ0) is 21.6. The molecule has 0 radical (unpaired) electrons. The first-order valence-electron chi connectivity index (χ1n) is 11.6. The van der Waals surface area contributed by atoms with E-state index in [2.05, 4.69) is 0 Å². The Kier molecular flexibility index (Phi) is 5.27. The van der Waals surface area contributed by atoms with Crippen molar-refractivity contribution in [1.82, 2.24) is 4.90 Å². The second-order valence-electron chi connectivity index (χ2n) is 10.1. The number of hydrogen-bond donors (Lipinski definition) is 0. The minimum atomic E-state index is -0.564. The van der Waals surface area contributed by atoms with Crippen LogP contribution in [-0.2, 0) is 14.3 Å². The monoisotopic (exact) mass is 425 g/mol. The molecule has 5 aliphatic rings. The predicted molar refractivity (Wildman–Crippen MR) is 114 cm³/mol. The summed E-state index contributed by atoms with van der Waals surface area (Å²) in [6.45, 7) is 0.274. The van der Waals surface area contributed by atoms with E-state index < -0.39 is 12.0 Å². The fourth-order valence-electron chi connectivity index (χ4n) is 7.12. The number of rotatable bonds is 6. The molecule has 4 bridgehead atoms. The van der Waals surface area contributed by atoms with E-state index in [1.807, 2.05) is 0 Å². The van der Waals surface area contributed by atoms with Crippen molar-refractivity contribution in [3.05, 3.63) is 29.8 Å². The van der Waals surface area contributed by atoms with Crippen LogP contribution < -0.4 is 4.74 Å². The molecular formula is C25H31NO5. The Bertz CT molecular complexity index is 858. The lowest BCUT2D eigenvalue weighted by Crippen LogP contribution is -2.56. The first-order valence-corrected chi connectivity index (χ1v) is 11.6. The van der Waals surface area contributed by atoms with Crippen LogP contribution in [0.25, 0.3) is 0 Å². The Morgan fingerprint density at radius 2 is 1.68 bits per heavy atom. The van der Waals surface area contributed by atoms with E-state index in [-0.39, 0.29) is 23.7 Å². The number of Topliss-reactive ketones (excluding diaryl/α,β-unsaturated/α-hetero) is 1. The number of ketones is 1. The topological polar surface area (TPSA) is 72.9 Å². The highest BCUT2D eigenvalue weighted by Gasteiger charge is 2.57. The maximum Gasteiger partial charge on any atom is 0.329 e. The summed E-state index contributed by atoms with van der Waals surface area (Å²) >= 11 is 0. The number of para-hydroxylation sites is 1. The zero-order valence-corrected chi connectivity index (χ0v) is 18.2. The molecule has 6 heteroatoms. The van der Waals surface area contributed by atoms with Crippen LogP contribution in [-0.4, -0.2) is 48.9 Å². The van der Waals surface area contributed by atoms with Gasteiger partial charge in [0.25, 0.3) is 0 Å². The van der Waals surface area contributed by atoms with Crippen molar-refractivity contribution in [1.29, 1.82) is 0 Å². The molecule has 5 fully saturated rings. The van der Waals surface area contributed by atoms with Crippen LogP contribution in [0.2, 0.25) is 0 Å². The SMILES string of the molecule is COc1ccccc1C(=O)COC(=O)[C@H]1CCCN1C(=O)C12CC3CC(CC(C3)C1)C2. The number of benzene rings is 1. The molecule has 1 atom stereocenters. The lowest BCUT2D eigenvalue weighted by molar-refractivity contribution is -0.165. The van der Waals surface area contributed by atoms with Gasteiger partial charge in [-0.1, -0.05) is 12.1 Å². The average Bonchev–Trinajstić information content (AvgIpc) is 3.25. The minimum Gasteiger partial charge on any atom is -0.496 e. The summed E-state index contributed by atoms with van der Waals surface area (Å²) < 4.78 is 10.6. The summed E-state index contributed by atoms with van der Waals surface area (Å²) in [5.41, 5.74) is 0.135. The van der Waals surface area contributed by atoms with Crippen LogP contribution in [0.1, 0.15) is 61.7 Å². The molecule has 0 N–H and O–H groups in total. The third kappa shape index (κ3) is 3.64. The molecule has 1 amide bonds. The molecule has 0 spiro atoms. The summed E-state index contributed by atoms with van der Waals surface area (Å²) in [6.07, 6.45) is 8.22. The van der Waals surface area contributed by atoms with Gasteiger partial charge in [-0.15, -0.1) is 0 Å². The largest absolute Gasteiger partial charge is 0.496 e. The number of hydrogen-bond acceptors (Lipinski definition) is 5. The highest BCUT2D eigenvalue weighted by atomic mass is 16.5. The predicted octanol–water partition coefficient (Wildman–Crippen LogP) is 3.63. The van der Waals surface area contributed by atoms with Crippen molar-refractivity contribution >= 4 is 17.7 Å². The van der Waals surface area contributed by atoms with Gasteiger partial charge in [-0.25, -0.2) is 4.79 Å². The van der Waals surface area contributed by atoms with Crippen LogP contribution in [0, 0.1) is 23.2 Å². The molecule has 4 saturated carbocycles. The Labute approximate surface area is 183 Å². The lowest BCUT2D eigenvalue weighted by atomic mass is 9.49. The van der Waals surface area contributed by atoms with Crippen molar-refractivity contribution in [3.8, 4) is 5.75 Å². The van der Waals surface area contributed by atoms with E-state index in [1.165, 1.54) is 26.4 Å². The molecule has 0 unspecified atom stereocenters. The zero-order valence-electron chi connectivity index (χ0n) is 18.2. The van der Waals surface area contributed by atoms with E-state index >= 15 is 0 Å². The van der Waals surface area contributed by atoms with Crippen molar-refractivity contribution in [2.24, 2.45) is 23.2 Å². The van der Waals surface area contributed by atoms with E-state index in [1.54, 1.807) is 29.2 Å². The number of ether oxygens (including phenoxy) is 2. The standard InChI is InChI=1S/C25H31NO5/c1-30-22-7-3-2-5-19(22)21(27)15-31-23(28)20-6-4-8-26(20)24(29)25-12-16-9-17(13-25)11-18(10-16)14-25/h2-3,5,7,16-18,20H,4,6,8-15H2,1H3/t16?,17?,18?,20-,25?/m1/s1. The van der Waals surface area contributed by atoms with Gasteiger partial charge in [-0.3, -0.25) is 9.59 Å². The molecule has 1 aromatic rings. The van der Waals surface area contributed by atoms with Crippen LogP contribution in [0.4, 0.5) is 0 Å². The number of carbonyl (C=O) groups is 3. The van der Waals surface area contributed by atoms with Crippen molar-refractivity contribution in [2.75, 3.05) is 20.3 Å². The average molecular weight is 426 g/mol. The molecule has 166 valence electrons. The van der Waals surface area contributed by atoms with E-state index in [9.17, 15) is 14.4 Å². The Balaban J connectivity index is 1.24. The molecule has 1 aliphatic heterocycles. The van der Waals surface area contributed by atoms with Crippen molar-refractivity contribution in [2.45, 2.75) is 57.4 Å². The normalized spacial score (nSPS) is 33.4. The Hall–Kier alpha value is -2.37. The molecule has 1 heterocycles. The first-order chi connectivity index (χ1) is 15.0. The van der Waals surface area contributed by atoms with Gasteiger partial charge < -0.3 is 14.4 Å². The second-order valence-corrected chi connectivity index (χ2v) is 10.1. The third-order valence-electron chi connectivity index (χ3n) is 8.03. The maximum atomic E-state index is 13.7. The number of methoxy groups -OCH3 is 1. The first kappa shape index (κ1) is 20.5. The molecule has 0 aromatic heterocycles. The van der Waals surface area contributed by atoms with Gasteiger partial charge >= 0.3 is 5.97 Å². The summed E-state index contributed by atoms with van der Waals surface area (Å²) in [6, 6.07) is 6.34. The van der Waals surface area contributed by atoms with E-state index in [0.29, 0.717) is 42.0 Å². The number of carbonyl (C=O) groups excluding carboxylic acids is 3. The molecule has 1 aromatic carbocycles. The fourth-order valence-corrected chi connectivity index (χ4v) is 7.12. The maximum absolute atomic E-state index is 13.7. The summed E-state index contributed by atoms with van der Waals surface area (Å²) in [4.78, 5) is 40.9. The van der Waals surface area contributed by atoms with Gasteiger partial charge in [0, 0.05) is 6.54 Å². The van der Waals surface area contributed by atoms with Crippen molar-refractivity contribution in [3.63, 3.8) is 0 Å². The van der Waals surface area contributed by atoms with Gasteiger partial charge in [0.15, 0.2) is 6.61 Å². The van der Waals surface area contributed by atoms with Gasteiger partial charge in [0.1, 0.15) is 11.8 Å². The smallest absolute Gasteiger partial charge is 0.329 e. The Morgan fingerprint density at radius 1 is 1.03 bits per heavy atom. The second kappa shape index (κ2) is 7.95. The highest BCUT2D eigenvalue weighted by molar-refractivity contribution is 6.00. The molecule has 6 nitrogen and oxygen atoms in total. The lowest BCUT2D eigenvalue weighted by Gasteiger charge is -2.56. The molecular weight excluding hydrogens is 394 g/mol. The minimum absolute atomic E-state index is 0.169. The van der Waals surface area contributed by atoms with Crippen molar-refractivity contribution < 1.29 is 23.9 Å². The van der Waals surface area contributed by atoms with Gasteiger partial charge in [0.2, 0.25) is 11.7 Å². The quantitative estimate of drug-likeness (QED) is 0.514.